The van der Waals surface area contributed by atoms with Gasteiger partial charge in [0.1, 0.15) is 0 Å². The summed E-state index contributed by atoms with van der Waals surface area (Å²) in [5.41, 5.74) is 0. The molecule has 0 heterocycles. The molecular formula is C33H68. The summed E-state index contributed by atoms with van der Waals surface area (Å²) in [4.78, 5) is 0. The third-order valence-electron chi connectivity index (χ3n) is 7.67. The summed E-state index contributed by atoms with van der Waals surface area (Å²) in [5.74, 6) is 1.81. The van der Waals surface area contributed by atoms with Crippen LogP contribution < -0.4 is 0 Å². The molecule has 1 atom stereocenters. The minimum atomic E-state index is 0.874. The fraction of sp³-hybridized carbons (Fsp3) is 1.00. The van der Waals surface area contributed by atoms with Crippen LogP contribution in [0.2, 0.25) is 0 Å². The van der Waals surface area contributed by atoms with E-state index >= 15 is 0 Å². The molecule has 0 aliphatic carbocycles. The first-order valence-electron chi connectivity index (χ1n) is 16.2. The average molecular weight is 465 g/mol. The lowest BCUT2D eigenvalue weighted by atomic mass is 9.93. The van der Waals surface area contributed by atoms with Gasteiger partial charge in [-0.1, -0.05) is 195 Å². The van der Waals surface area contributed by atoms with Crippen molar-refractivity contribution in [2.24, 2.45) is 11.8 Å². The third-order valence-corrected chi connectivity index (χ3v) is 7.67. The van der Waals surface area contributed by atoms with Crippen LogP contribution in [0.1, 0.15) is 201 Å². The zero-order valence-corrected chi connectivity index (χ0v) is 24.2. The maximum atomic E-state index is 2.44. The van der Waals surface area contributed by atoms with Gasteiger partial charge in [-0.15, -0.1) is 0 Å². The Bertz CT molecular complexity index is 331. The first-order chi connectivity index (χ1) is 16.2. The van der Waals surface area contributed by atoms with E-state index in [4.69, 9.17) is 0 Å². The number of hydrogen-bond donors (Lipinski definition) is 0. The highest BCUT2D eigenvalue weighted by atomic mass is 14.1. The van der Waals surface area contributed by atoms with E-state index in [1.807, 2.05) is 0 Å². The van der Waals surface area contributed by atoms with Gasteiger partial charge >= 0.3 is 0 Å². The van der Waals surface area contributed by atoms with Gasteiger partial charge < -0.3 is 0 Å². The van der Waals surface area contributed by atoms with Crippen LogP contribution in [-0.2, 0) is 0 Å². The second-order valence-electron chi connectivity index (χ2n) is 12.0. The molecule has 0 bridgehead atoms. The van der Waals surface area contributed by atoms with Gasteiger partial charge in [0.25, 0.3) is 0 Å². The second-order valence-corrected chi connectivity index (χ2v) is 12.0. The standard InChI is InChI=1S/C33H68/c1-5-6-7-8-9-10-11-12-13-14-15-16-17-18-19-20-21-22-23-24-25-26-27-28-29-30-33(4)31-32(2)3/h32-33H,5-31H2,1-4H3. The van der Waals surface area contributed by atoms with Crippen LogP contribution in [0.15, 0.2) is 0 Å². The molecule has 33 heavy (non-hydrogen) atoms. The highest BCUT2D eigenvalue weighted by Gasteiger charge is 2.04. The third kappa shape index (κ3) is 30.0. The Kier molecular flexibility index (Phi) is 28.2. The maximum absolute atomic E-state index is 2.44. The summed E-state index contributed by atoms with van der Waals surface area (Å²) < 4.78 is 0. The van der Waals surface area contributed by atoms with E-state index in [9.17, 15) is 0 Å². The Labute approximate surface area is 212 Å². The fourth-order valence-corrected chi connectivity index (χ4v) is 5.55. The van der Waals surface area contributed by atoms with Crippen molar-refractivity contribution in [1.82, 2.24) is 0 Å². The van der Waals surface area contributed by atoms with Crippen LogP contribution in [0.3, 0.4) is 0 Å². The van der Waals surface area contributed by atoms with Crippen LogP contribution in [0, 0.1) is 11.8 Å². The van der Waals surface area contributed by atoms with E-state index in [2.05, 4.69) is 27.7 Å². The summed E-state index contributed by atoms with van der Waals surface area (Å²) in [6, 6.07) is 0. The quantitative estimate of drug-likeness (QED) is 0.101. The van der Waals surface area contributed by atoms with Crippen molar-refractivity contribution in [3.05, 3.63) is 0 Å². The van der Waals surface area contributed by atoms with Crippen molar-refractivity contribution in [2.75, 3.05) is 0 Å². The Morgan fingerprint density at radius 1 is 0.333 bits per heavy atom. The van der Waals surface area contributed by atoms with Crippen LogP contribution >= 0.6 is 0 Å². The van der Waals surface area contributed by atoms with Gasteiger partial charge in [0, 0.05) is 0 Å². The van der Waals surface area contributed by atoms with E-state index in [1.165, 1.54) is 173 Å². The van der Waals surface area contributed by atoms with Gasteiger partial charge in [0.2, 0.25) is 0 Å². The highest BCUT2D eigenvalue weighted by Crippen LogP contribution is 2.19. The Balaban J connectivity index is 3.05. The van der Waals surface area contributed by atoms with Crippen molar-refractivity contribution in [3.8, 4) is 0 Å². The SMILES string of the molecule is CCCCCCCCCCCCCCCCCCCCCCCCCCCC(C)CC(C)C. The molecule has 0 aromatic heterocycles. The molecule has 0 nitrogen and oxygen atoms in total. The highest BCUT2D eigenvalue weighted by molar-refractivity contribution is 4.57. The summed E-state index contributed by atoms with van der Waals surface area (Å²) in [6.07, 6.45) is 39.9. The topological polar surface area (TPSA) is 0 Å². The fourth-order valence-electron chi connectivity index (χ4n) is 5.55. The average Bonchev–Trinajstić information content (AvgIpc) is 2.78. The van der Waals surface area contributed by atoms with E-state index in [0.717, 1.165) is 11.8 Å². The molecular weight excluding hydrogens is 396 g/mol. The number of rotatable bonds is 28. The van der Waals surface area contributed by atoms with E-state index < -0.39 is 0 Å². The van der Waals surface area contributed by atoms with E-state index in [0.29, 0.717) is 0 Å². The predicted molar refractivity (Wildman–Crippen MR) is 154 cm³/mol. The molecule has 1 unspecified atom stereocenters. The minimum absolute atomic E-state index is 0.874. The van der Waals surface area contributed by atoms with Gasteiger partial charge in [-0.3, -0.25) is 0 Å². The van der Waals surface area contributed by atoms with Gasteiger partial charge in [0.05, 0.1) is 0 Å². The summed E-state index contributed by atoms with van der Waals surface area (Å²) in [6.45, 7) is 9.47. The van der Waals surface area contributed by atoms with Crippen LogP contribution in [0.25, 0.3) is 0 Å². The molecule has 0 N–H and O–H groups in total. The molecule has 0 aliphatic heterocycles. The first kappa shape index (κ1) is 33.0. The monoisotopic (exact) mass is 465 g/mol. The molecule has 0 heteroatoms. The summed E-state index contributed by atoms with van der Waals surface area (Å²) in [5, 5.41) is 0. The van der Waals surface area contributed by atoms with Crippen molar-refractivity contribution in [1.29, 1.82) is 0 Å². The lowest BCUT2D eigenvalue weighted by molar-refractivity contribution is 0.397. The van der Waals surface area contributed by atoms with Crippen LogP contribution in [0.5, 0.6) is 0 Å². The van der Waals surface area contributed by atoms with Gasteiger partial charge in [-0.25, -0.2) is 0 Å². The van der Waals surface area contributed by atoms with Crippen molar-refractivity contribution >= 4 is 0 Å². The Hall–Kier alpha value is 0. The normalized spacial score (nSPS) is 12.6. The largest absolute Gasteiger partial charge is 0.0654 e. The lowest BCUT2D eigenvalue weighted by Gasteiger charge is -2.13. The predicted octanol–water partition coefficient (Wildman–Crippen LogP) is 12.8. The molecule has 0 saturated heterocycles. The molecule has 0 amide bonds. The van der Waals surface area contributed by atoms with Crippen LogP contribution in [-0.4, -0.2) is 0 Å². The van der Waals surface area contributed by atoms with E-state index in [1.54, 1.807) is 0 Å². The smallest absolute Gasteiger partial charge is 0.0440 e. The Morgan fingerprint density at radius 3 is 0.818 bits per heavy atom. The molecule has 0 spiro atoms. The molecule has 200 valence electrons. The second kappa shape index (κ2) is 28.2. The van der Waals surface area contributed by atoms with Crippen molar-refractivity contribution < 1.29 is 0 Å². The first-order valence-corrected chi connectivity index (χ1v) is 16.2. The van der Waals surface area contributed by atoms with Gasteiger partial charge in [0.15, 0.2) is 0 Å². The molecule has 0 saturated carbocycles. The van der Waals surface area contributed by atoms with Crippen molar-refractivity contribution in [2.45, 2.75) is 201 Å². The van der Waals surface area contributed by atoms with Crippen LogP contribution in [0.4, 0.5) is 0 Å². The molecule has 0 fully saturated rings. The summed E-state index contributed by atoms with van der Waals surface area (Å²) >= 11 is 0. The molecule has 0 rings (SSSR count). The number of unbranched alkanes of at least 4 members (excludes halogenated alkanes) is 24. The molecule has 0 aromatic rings. The Morgan fingerprint density at radius 2 is 0.576 bits per heavy atom. The van der Waals surface area contributed by atoms with Gasteiger partial charge in [-0.2, -0.15) is 0 Å². The zero-order valence-electron chi connectivity index (χ0n) is 24.2. The summed E-state index contributed by atoms with van der Waals surface area (Å²) in [7, 11) is 0. The van der Waals surface area contributed by atoms with Gasteiger partial charge in [-0.05, 0) is 18.3 Å². The maximum Gasteiger partial charge on any atom is -0.0440 e. The van der Waals surface area contributed by atoms with Crippen molar-refractivity contribution in [3.63, 3.8) is 0 Å². The lowest BCUT2D eigenvalue weighted by Crippen LogP contribution is -1.99. The molecule has 0 aromatic carbocycles. The number of hydrogen-bond acceptors (Lipinski definition) is 0. The minimum Gasteiger partial charge on any atom is -0.0654 e. The molecule has 0 radical (unpaired) electrons. The molecule has 0 aliphatic rings. The van der Waals surface area contributed by atoms with E-state index in [-0.39, 0.29) is 0 Å². The zero-order chi connectivity index (χ0) is 24.2.